The van der Waals surface area contributed by atoms with Crippen molar-refractivity contribution in [1.29, 1.82) is 0 Å². The number of anilines is 1. The molecule has 1 aromatic carbocycles. The second-order valence-electron chi connectivity index (χ2n) is 6.42. The number of nitrogens with zero attached hydrogens (tertiary/aromatic N) is 4. The number of fused-ring (bicyclic) bond motifs is 2. The third-order valence-electron chi connectivity index (χ3n) is 5.06. The Morgan fingerprint density at radius 2 is 2.12 bits per heavy atom. The summed E-state index contributed by atoms with van der Waals surface area (Å²) in [7, 11) is 1.70. The van der Waals surface area contributed by atoms with Crippen molar-refractivity contribution < 1.29 is 13.9 Å². The Bertz CT molecular complexity index is 771. The third kappa shape index (κ3) is 2.16. The number of aromatic amines is 1. The number of ether oxygens (including phenoxy) is 1. The number of carbonyl (C=O) groups is 1. The Kier molecular flexibility index (Phi) is 3.47. The van der Waals surface area contributed by atoms with Gasteiger partial charge in [0.1, 0.15) is 11.6 Å². The van der Waals surface area contributed by atoms with E-state index in [0.717, 1.165) is 19.3 Å². The molecular formula is C16H18FN5O2. The van der Waals surface area contributed by atoms with Crippen LogP contribution in [0.2, 0.25) is 0 Å². The molecule has 126 valence electrons. The van der Waals surface area contributed by atoms with Gasteiger partial charge in [-0.25, -0.2) is 4.39 Å². The van der Waals surface area contributed by atoms with Gasteiger partial charge in [0.25, 0.3) is 0 Å². The Labute approximate surface area is 138 Å². The molecule has 8 heteroatoms. The smallest absolute Gasteiger partial charge is 0.237 e. The summed E-state index contributed by atoms with van der Waals surface area (Å²) in [5.74, 6) is 0.342. The standard InChI is InChI=1S/C16H18FN5O2/c1-22-12-8-10(24-9-13-18-20-21-19-13)7-11(17)14(12)16(15(22)23)5-3-2-4-6-16/h7-8H,2-6,9H2,1H3,(H,18,19,20,21). The first-order chi connectivity index (χ1) is 11.6. The number of likely N-dealkylation sites (N-methyl/N-ethyl adjacent to an activating group) is 1. The molecule has 0 saturated heterocycles. The van der Waals surface area contributed by atoms with E-state index in [-0.39, 0.29) is 18.3 Å². The molecule has 1 saturated carbocycles. The van der Waals surface area contributed by atoms with E-state index >= 15 is 0 Å². The van der Waals surface area contributed by atoms with Crippen molar-refractivity contribution in [1.82, 2.24) is 20.6 Å². The van der Waals surface area contributed by atoms with E-state index in [9.17, 15) is 9.18 Å². The molecule has 0 radical (unpaired) electrons. The first-order valence-corrected chi connectivity index (χ1v) is 8.09. The maximum atomic E-state index is 14.9. The number of hydrogen-bond donors (Lipinski definition) is 1. The van der Waals surface area contributed by atoms with Gasteiger partial charge in [0.2, 0.25) is 11.7 Å². The summed E-state index contributed by atoms with van der Waals surface area (Å²) < 4.78 is 20.4. The average Bonchev–Trinajstić information content (AvgIpc) is 3.17. The van der Waals surface area contributed by atoms with Gasteiger partial charge in [-0.05, 0) is 12.8 Å². The Balaban J connectivity index is 1.69. The van der Waals surface area contributed by atoms with Crippen LogP contribution in [0, 0.1) is 5.82 Å². The maximum Gasteiger partial charge on any atom is 0.237 e. The molecule has 1 fully saturated rings. The highest BCUT2D eigenvalue weighted by molar-refractivity contribution is 6.08. The van der Waals surface area contributed by atoms with Crippen LogP contribution in [0.25, 0.3) is 0 Å². The van der Waals surface area contributed by atoms with Crippen molar-refractivity contribution in [2.24, 2.45) is 0 Å². The zero-order valence-electron chi connectivity index (χ0n) is 13.4. The number of rotatable bonds is 3. The number of halogens is 1. The molecule has 0 atom stereocenters. The van der Waals surface area contributed by atoms with E-state index in [1.807, 2.05) is 0 Å². The zero-order valence-corrected chi connectivity index (χ0v) is 13.4. The number of amides is 1. The van der Waals surface area contributed by atoms with E-state index in [2.05, 4.69) is 20.6 Å². The van der Waals surface area contributed by atoms with Crippen LogP contribution < -0.4 is 9.64 Å². The van der Waals surface area contributed by atoms with E-state index in [0.29, 0.717) is 35.7 Å². The molecule has 7 nitrogen and oxygen atoms in total. The van der Waals surface area contributed by atoms with E-state index in [1.165, 1.54) is 6.07 Å². The van der Waals surface area contributed by atoms with Crippen LogP contribution in [0.3, 0.4) is 0 Å². The third-order valence-corrected chi connectivity index (χ3v) is 5.06. The van der Waals surface area contributed by atoms with Gasteiger partial charge in [0.05, 0.1) is 11.1 Å². The van der Waals surface area contributed by atoms with Crippen LogP contribution in [-0.2, 0) is 16.8 Å². The second kappa shape index (κ2) is 5.54. The van der Waals surface area contributed by atoms with Crippen molar-refractivity contribution in [2.45, 2.75) is 44.1 Å². The number of H-pyrrole nitrogens is 1. The summed E-state index contributed by atoms with van der Waals surface area (Å²) >= 11 is 0. The minimum atomic E-state index is -0.696. The summed E-state index contributed by atoms with van der Waals surface area (Å²) in [5.41, 5.74) is 0.435. The molecule has 1 aromatic heterocycles. The largest absolute Gasteiger partial charge is 0.485 e. The minimum absolute atomic E-state index is 0.00795. The van der Waals surface area contributed by atoms with Crippen LogP contribution in [0.1, 0.15) is 43.5 Å². The number of benzene rings is 1. The van der Waals surface area contributed by atoms with Crippen molar-refractivity contribution >= 4 is 11.6 Å². The lowest BCUT2D eigenvalue weighted by molar-refractivity contribution is -0.124. The SMILES string of the molecule is CN1C(=O)C2(CCCCC2)c2c(F)cc(OCc3nn[nH]n3)cc21. The monoisotopic (exact) mass is 331 g/mol. The molecule has 4 rings (SSSR count). The lowest BCUT2D eigenvalue weighted by Gasteiger charge is -2.32. The van der Waals surface area contributed by atoms with Gasteiger partial charge in [-0.15, -0.1) is 10.2 Å². The quantitative estimate of drug-likeness (QED) is 0.931. The molecule has 1 aliphatic carbocycles. The fourth-order valence-corrected chi connectivity index (χ4v) is 3.94. The van der Waals surface area contributed by atoms with Crippen LogP contribution in [0.4, 0.5) is 10.1 Å². The molecule has 1 aliphatic heterocycles. The van der Waals surface area contributed by atoms with Crippen molar-refractivity contribution in [3.05, 3.63) is 29.3 Å². The zero-order chi connectivity index (χ0) is 16.7. The molecule has 2 aliphatic rings. The van der Waals surface area contributed by atoms with Crippen molar-refractivity contribution in [3.8, 4) is 5.75 Å². The van der Waals surface area contributed by atoms with Gasteiger partial charge in [0.15, 0.2) is 6.61 Å². The lowest BCUT2D eigenvalue weighted by Crippen LogP contribution is -2.40. The first kappa shape index (κ1) is 15.0. The summed E-state index contributed by atoms with van der Waals surface area (Å²) in [5, 5.41) is 13.4. The maximum absolute atomic E-state index is 14.9. The molecule has 2 heterocycles. The lowest BCUT2D eigenvalue weighted by atomic mass is 9.70. The highest BCUT2D eigenvalue weighted by Crippen LogP contribution is 2.51. The Morgan fingerprint density at radius 3 is 2.83 bits per heavy atom. The highest BCUT2D eigenvalue weighted by atomic mass is 19.1. The van der Waals surface area contributed by atoms with Gasteiger partial charge in [-0.3, -0.25) is 4.79 Å². The number of tetrazole rings is 1. The molecule has 1 N–H and O–H groups in total. The number of aromatic nitrogens is 4. The van der Waals surface area contributed by atoms with Gasteiger partial charge in [-0.2, -0.15) is 5.21 Å². The normalized spacial score (nSPS) is 18.9. The number of carbonyl (C=O) groups excluding carboxylic acids is 1. The fraction of sp³-hybridized carbons (Fsp3) is 0.500. The number of nitrogens with one attached hydrogen (secondary N) is 1. The number of hydrogen-bond acceptors (Lipinski definition) is 5. The molecule has 0 unspecified atom stereocenters. The van der Waals surface area contributed by atoms with Crippen molar-refractivity contribution in [3.63, 3.8) is 0 Å². The molecular weight excluding hydrogens is 313 g/mol. The molecule has 1 amide bonds. The molecule has 1 spiro atoms. The predicted octanol–water partition coefficient (Wildman–Crippen LogP) is 2.10. The van der Waals surface area contributed by atoms with Gasteiger partial charge >= 0.3 is 0 Å². The Morgan fingerprint density at radius 1 is 1.33 bits per heavy atom. The van der Waals surface area contributed by atoms with Crippen LogP contribution in [-0.4, -0.2) is 33.6 Å². The minimum Gasteiger partial charge on any atom is -0.485 e. The van der Waals surface area contributed by atoms with E-state index in [4.69, 9.17) is 4.74 Å². The van der Waals surface area contributed by atoms with Crippen LogP contribution in [0.5, 0.6) is 5.75 Å². The van der Waals surface area contributed by atoms with Gasteiger partial charge in [-0.1, -0.05) is 24.5 Å². The average molecular weight is 331 g/mol. The second-order valence-corrected chi connectivity index (χ2v) is 6.42. The topological polar surface area (TPSA) is 84.0 Å². The molecule has 0 bridgehead atoms. The van der Waals surface area contributed by atoms with E-state index in [1.54, 1.807) is 18.0 Å². The van der Waals surface area contributed by atoms with Crippen LogP contribution in [0.15, 0.2) is 12.1 Å². The van der Waals surface area contributed by atoms with E-state index < -0.39 is 5.41 Å². The first-order valence-electron chi connectivity index (χ1n) is 8.09. The summed E-state index contributed by atoms with van der Waals surface area (Å²) in [6, 6.07) is 3.07. The Hall–Kier alpha value is -2.51. The van der Waals surface area contributed by atoms with Crippen molar-refractivity contribution in [2.75, 3.05) is 11.9 Å². The van der Waals surface area contributed by atoms with Gasteiger partial charge < -0.3 is 9.64 Å². The molecule has 24 heavy (non-hydrogen) atoms. The fourth-order valence-electron chi connectivity index (χ4n) is 3.94. The van der Waals surface area contributed by atoms with Crippen LogP contribution >= 0.6 is 0 Å². The predicted molar refractivity (Wildman–Crippen MR) is 83.1 cm³/mol. The molecule has 2 aromatic rings. The highest BCUT2D eigenvalue weighted by Gasteiger charge is 2.51. The summed E-state index contributed by atoms with van der Waals surface area (Å²) in [4.78, 5) is 14.4. The summed E-state index contributed by atoms with van der Waals surface area (Å²) in [6.07, 6.45) is 4.43. The summed E-state index contributed by atoms with van der Waals surface area (Å²) in [6.45, 7) is 0.0809. The van der Waals surface area contributed by atoms with Gasteiger partial charge in [0, 0.05) is 24.7 Å².